The molecule has 92 valence electrons. The molecule has 0 aromatic rings. The topological polar surface area (TPSA) is 42.5 Å². The molecular formula is C10H26N2O2Si. The molecule has 2 heterocycles. The fraction of sp³-hybridized carbons (Fsp3) is 1.00. The van der Waals surface area contributed by atoms with Crippen LogP contribution in [0.5, 0.6) is 0 Å². The highest BCUT2D eigenvalue weighted by Gasteiger charge is 1.93. The van der Waals surface area contributed by atoms with Crippen LogP contribution in [0.2, 0.25) is 0 Å². The van der Waals surface area contributed by atoms with Gasteiger partial charge in [0.05, 0.1) is 0 Å². The molecule has 4 nitrogen and oxygen atoms in total. The van der Waals surface area contributed by atoms with Gasteiger partial charge in [-0.2, -0.15) is 0 Å². The normalized spacial score (nSPS) is 18.8. The molecule has 2 saturated heterocycles. The van der Waals surface area contributed by atoms with Crippen LogP contribution in [0.15, 0.2) is 0 Å². The van der Waals surface area contributed by atoms with Gasteiger partial charge in [-0.3, -0.25) is 0 Å². The summed E-state index contributed by atoms with van der Waals surface area (Å²) in [4.78, 5) is 0. The van der Waals surface area contributed by atoms with Crippen molar-refractivity contribution < 1.29 is 8.85 Å². The van der Waals surface area contributed by atoms with Crippen molar-refractivity contribution in [3.8, 4) is 0 Å². The highest BCUT2D eigenvalue weighted by Crippen LogP contribution is 1.90. The van der Waals surface area contributed by atoms with Crippen LogP contribution in [-0.2, 0) is 8.85 Å². The van der Waals surface area contributed by atoms with Crippen LogP contribution in [0.4, 0.5) is 0 Å². The molecule has 0 aliphatic carbocycles. The van der Waals surface area contributed by atoms with Gasteiger partial charge in [0.1, 0.15) is 0 Å². The molecule has 2 aliphatic heterocycles. The quantitative estimate of drug-likeness (QED) is 0.661. The summed E-state index contributed by atoms with van der Waals surface area (Å²) in [6, 6.07) is 0. The smallest absolute Gasteiger partial charge is 0.303 e. The third kappa shape index (κ3) is 14.1. The SMILES string of the molecule is C1CCNC1.C1CCNC1.CO[SiH2]OC. The van der Waals surface area contributed by atoms with Gasteiger partial charge in [-0.05, 0) is 51.9 Å². The lowest BCUT2D eigenvalue weighted by Gasteiger charge is -1.86. The Morgan fingerprint density at radius 2 is 1.07 bits per heavy atom. The molecule has 2 rings (SSSR count). The Morgan fingerprint density at radius 1 is 0.733 bits per heavy atom. The fourth-order valence-electron chi connectivity index (χ4n) is 1.37. The second-order valence-electron chi connectivity index (χ2n) is 3.61. The van der Waals surface area contributed by atoms with Crippen molar-refractivity contribution in [2.24, 2.45) is 0 Å². The Kier molecular flexibility index (Phi) is 14.1. The van der Waals surface area contributed by atoms with Gasteiger partial charge in [0.2, 0.25) is 0 Å². The summed E-state index contributed by atoms with van der Waals surface area (Å²) in [6.45, 7) is 5.00. The Balaban J connectivity index is 0.000000196. The summed E-state index contributed by atoms with van der Waals surface area (Å²) >= 11 is 0. The van der Waals surface area contributed by atoms with Crippen LogP contribution in [-0.4, -0.2) is 50.4 Å². The number of rotatable bonds is 2. The van der Waals surface area contributed by atoms with E-state index in [9.17, 15) is 0 Å². The van der Waals surface area contributed by atoms with Gasteiger partial charge in [0.25, 0.3) is 0 Å². The van der Waals surface area contributed by atoms with Crippen LogP contribution in [0.3, 0.4) is 0 Å². The molecule has 0 saturated carbocycles. The molecule has 0 aromatic heterocycles. The third-order valence-electron chi connectivity index (χ3n) is 2.15. The Morgan fingerprint density at radius 3 is 1.13 bits per heavy atom. The first kappa shape index (κ1) is 15.1. The lowest BCUT2D eigenvalue weighted by molar-refractivity contribution is 0.309. The van der Waals surface area contributed by atoms with E-state index in [0.29, 0.717) is 0 Å². The summed E-state index contributed by atoms with van der Waals surface area (Å²) in [5.74, 6) is 0. The third-order valence-corrected chi connectivity index (χ3v) is 2.62. The largest absolute Gasteiger partial charge is 0.402 e. The van der Waals surface area contributed by atoms with E-state index in [0.717, 1.165) is 0 Å². The van der Waals surface area contributed by atoms with Gasteiger partial charge in [-0.1, -0.05) is 0 Å². The van der Waals surface area contributed by atoms with Crippen molar-refractivity contribution in [2.45, 2.75) is 25.7 Å². The van der Waals surface area contributed by atoms with E-state index in [1.54, 1.807) is 14.2 Å². The average Bonchev–Trinajstić information content (AvgIpc) is 2.99. The maximum atomic E-state index is 4.61. The van der Waals surface area contributed by atoms with Crippen molar-refractivity contribution in [3.05, 3.63) is 0 Å². The van der Waals surface area contributed by atoms with Crippen molar-refractivity contribution in [1.29, 1.82) is 0 Å². The van der Waals surface area contributed by atoms with E-state index >= 15 is 0 Å². The Bertz CT molecular complexity index is 82.4. The van der Waals surface area contributed by atoms with Crippen molar-refractivity contribution in [2.75, 3.05) is 40.4 Å². The van der Waals surface area contributed by atoms with E-state index < -0.39 is 10.0 Å². The maximum absolute atomic E-state index is 4.61. The van der Waals surface area contributed by atoms with Gasteiger partial charge in [-0.15, -0.1) is 0 Å². The molecule has 0 amide bonds. The van der Waals surface area contributed by atoms with E-state index in [1.807, 2.05) is 0 Å². The number of nitrogens with one attached hydrogen (secondary N) is 2. The zero-order chi connectivity index (χ0) is 11.2. The first-order chi connectivity index (χ1) is 7.41. The molecule has 0 radical (unpaired) electrons. The van der Waals surface area contributed by atoms with Crippen molar-refractivity contribution in [3.63, 3.8) is 0 Å². The van der Waals surface area contributed by atoms with Crippen LogP contribution >= 0.6 is 0 Å². The first-order valence-corrected chi connectivity index (χ1v) is 6.96. The minimum Gasteiger partial charge on any atom is -0.402 e. The summed E-state index contributed by atoms with van der Waals surface area (Å²) in [6.07, 6.45) is 5.56. The maximum Gasteiger partial charge on any atom is 0.303 e. The van der Waals surface area contributed by atoms with Crippen LogP contribution in [0, 0.1) is 0 Å². The number of hydrogen-bond acceptors (Lipinski definition) is 4. The highest BCUT2D eigenvalue weighted by molar-refractivity contribution is 6.17. The minimum absolute atomic E-state index is 0.568. The van der Waals surface area contributed by atoms with E-state index in [1.165, 1.54) is 51.9 Å². The molecule has 0 unspecified atom stereocenters. The van der Waals surface area contributed by atoms with E-state index in [2.05, 4.69) is 19.5 Å². The average molecular weight is 234 g/mol. The van der Waals surface area contributed by atoms with Gasteiger partial charge in [0, 0.05) is 14.2 Å². The second kappa shape index (κ2) is 14.1. The van der Waals surface area contributed by atoms with Gasteiger partial charge < -0.3 is 19.5 Å². The van der Waals surface area contributed by atoms with Gasteiger partial charge >= 0.3 is 10.0 Å². The predicted octanol–water partition coefficient (Wildman–Crippen LogP) is 0.0176. The molecule has 0 bridgehead atoms. The minimum atomic E-state index is -0.568. The van der Waals surface area contributed by atoms with Crippen molar-refractivity contribution >= 4 is 10.0 Å². The van der Waals surface area contributed by atoms with E-state index in [-0.39, 0.29) is 0 Å². The fourth-order valence-corrected chi connectivity index (χ4v) is 1.60. The zero-order valence-electron chi connectivity index (χ0n) is 10.2. The van der Waals surface area contributed by atoms with Crippen LogP contribution < -0.4 is 10.6 Å². The lowest BCUT2D eigenvalue weighted by atomic mass is 10.4. The molecule has 0 aromatic carbocycles. The molecule has 2 fully saturated rings. The molecule has 0 atom stereocenters. The van der Waals surface area contributed by atoms with Gasteiger partial charge in [-0.25, -0.2) is 0 Å². The highest BCUT2D eigenvalue weighted by atomic mass is 28.3. The summed E-state index contributed by atoms with van der Waals surface area (Å²) in [5.41, 5.74) is 0. The van der Waals surface area contributed by atoms with Crippen LogP contribution in [0.1, 0.15) is 25.7 Å². The standard InChI is InChI=1S/2C4H9N.C2H8O2Si/c2*1-2-4-5-3-1;1-3-5-4-2/h2*5H,1-4H2;5H2,1-2H3. The Labute approximate surface area is 96.2 Å². The first-order valence-electron chi connectivity index (χ1n) is 5.81. The predicted molar refractivity (Wildman–Crippen MR) is 66.8 cm³/mol. The van der Waals surface area contributed by atoms with Crippen molar-refractivity contribution in [1.82, 2.24) is 10.6 Å². The van der Waals surface area contributed by atoms with Gasteiger partial charge in [0.15, 0.2) is 0 Å². The van der Waals surface area contributed by atoms with Crippen LogP contribution in [0.25, 0.3) is 0 Å². The molecule has 5 heteroatoms. The lowest BCUT2D eigenvalue weighted by Crippen LogP contribution is -2.03. The summed E-state index contributed by atoms with van der Waals surface area (Å²) < 4.78 is 9.22. The molecular weight excluding hydrogens is 208 g/mol. The monoisotopic (exact) mass is 234 g/mol. The molecule has 0 spiro atoms. The van der Waals surface area contributed by atoms with E-state index in [4.69, 9.17) is 0 Å². The number of hydrogen-bond donors (Lipinski definition) is 2. The molecule has 2 N–H and O–H groups in total. The zero-order valence-corrected chi connectivity index (χ0v) is 11.6. The summed E-state index contributed by atoms with van der Waals surface area (Å²) in [7, 11) is 2.73. The Hall–Kier alpha value is 0.0569. The summed E-state index contributed by atoms with van der Waals surface area (Å²) in [5, 5.41) is 6.44. The molecule has 15 heavy (non-hydrogen) atoms. The second-order valence-corrected chi connectivity index (χ2v) is 5.00. The molecule has 2 aliphatic rings.